The van der Waals surface area contributed by atoms with Crippen LogP contribution >= 0.6 is 0 Å². The van der Waals surface area contributed by atoms with Crippen molar-refractivity contribution in [3.63, 3.8) is 0 Å². The zero-order chi connectivity index (χ0) is 33.7. The lowest BCUT2D eigenvalue weighted by molar-refractivity contribution is -0.160. The number of hydrogen-bond acceptors (Lipinski definition) is 9. The second kappa shape index (κ2) is 23.1. The molecule has 1 unspecified atom stereocenters. The smallest absolute Gasteiger partial charge is 0.345 e. The Morgan fingerprint density at radius 2 is 1.55 bits per heavy atom. The van der Waals surface area contributed by atoms with Gasteiger partial charge in [0.25, 0.3) is 0 Å². The minimum Gasteiger partial charge on any atom is -0.459 e. The summed E-state index contributed by atoms with van der Waals surface area (Å²) in [6.07, 6.45) is 4.72. The summed E-state index contributed by atoms with van der Waals surface area (Å²) in [5.74, 6) is -2.75. The lowest BCUT2D eigenvalue weighted by Gasteiger charge is -2.27. The molecule has 12 nitrogen and oxygen atoms in total. The van der Waals surface area contributed by atoms with Crippen LogP contribution in [0.25, 0.3) is 0 Å². The van der Waals surface area contributed by atoms with E-state index < -0.39 is 55.7 Å². The number of methoxy groups -OCH3 is 1. The second-order valence-electron chi connectivity index (χ2n) is 9.81. The van der Waals surface area contributed by atoms with Gasteiger partial charge < -0.3 is 34.9 Å². The molecule has 1 aliphatic rings. The number of rotatable bonds is 18. The van der Waals surface area contributed by atoms with Crippen molar-refractivity contribution in [2.45, 2.75) is 58.5 Å². The normalized spacial score (nSPS) is 15.8. The van der Waals surface area contributed by atoms with Crippen LogP contribution in [0.15, 0.2) is 37.0 Å². The lowest BCUT2D eigenvalue weighted by atomic mass is 10.0. The number of nitrogens with zero attached hydrogens (tertiary/aromatic N) is 1. The van der Waals surface area contributed by atoms with Crippen LogP contribution in [0, 0.1) is 5.92 Å². The third-order valence-electron chi connectivity index (χ3n) is 5.73. The van der Waals surface area contributed by atoms with Gasteiger partial charge in [-0.15, -0.1) is 0 Å². The first-order valence-corrected chi connectivity index (χ1v) is 13.7. The van der Waals surface area contributed by atoms with Crippen LogP contribution in [-0.2, 0) is 38.1 Å². The molecular weight excluding hydrogens is 596 g/mol. The molecule has 3 atom stereocenters. The molecule has 1 saturated heterocycles. The second-order valence-corrected chi connectivity index (χ2v) is 9.81. The highest BCUT2D eigenvalue weighted by atomic mass is 19.3. The zero-order valence-corrected chi connectivity index (χ0v) is 25.5. The molecule has 0 aromatic carbocycles. The Kier molecular flexibility index (Phi) is 21.3. The molecule has 1 heterocycles. The van der Waals surface area contributed by atoms with Gasteiger partial charge in [-0.25, -0.2) is 4.79 Å². The number of allylic oxidation sites excluding steroid dienone is 2. The van der Waals surface area contributed by atoms with Crippen molar-refractivity contribution in [2.24, 2.45) is 5.92 Å². The third kappa shape index (κ3) is 19.0. The number of nitrogens with one attached hydrogen (secondary N) is 3. The number of amides is 3. The maximum Gasteiger partial charge on any atom is 0.345 e. The van der Waals surface area contributed by atoms with Crippen molar-refractivity contribution in [2.75, 3.05) is 53.2 Å². The van der Waals surface area contributed by atoms with Gasteiger partial charge in [0.1, 0.15) is 18.7 Å². The highest BCUT2D eigenvalue weighted by molar-refractivity contribution is 5.93. The van der Waals surface area contributed by atoms with E-state index >= 15 is 0 Å². The predicted molar refractivity (Wildman–Crippen MR) is 153 cm³/mol. The van der Waals surface area contributed by atoms with E-state index in [9.17, 15) is 36.7 Å². The first-order chi connectivity index (χ1) is 20.7. The minimum absolute atomic E-state index is 0.0508. The number of alkyl halides is 4. The molecule has 3 N–H and O–H groups in total. The van der Waals surface area contributed by atoms with Crippen molar-refractivity contribution in [3.8, 4) is 0 Å². The highest BCUT2D eigenvalue weighted by Crippen LogP contribution is 2.07. The van der Waals surface area contributed by atoms with E-state index in [1.165, 1.54) is 25.2 Å². The third-order valence-corrected chi connectivity index (χ3v) is 5.73. The van der Waals surface area contributed by atoms with E-state index in [-0.39, 0.29) is 25.0 Å². The number of morpholine rings is 1. The van der Waals surface area contributed by atoms with Gasteiger partial charge in [0.2, 0.25) is 17.7 Å². The van der Waals surface area contributed by atoms with Crippen LogP contribution in [0.5, 0.6) is 0 Å². The van der Waals surface area contributed by atoms with Gasteiger partial charge in [0, 0.05) is 20.2 Å². The van der Waals surface area contributed by atoms with Gasteiger partial charge in [-0.1, -0.05) is 45.2 Å². The highest BCUT2D eigenvalue weighted by Gasteiger charge is 2.29. The van der Waals surface area contributed by atoms with E-state index in [0.717, 1.165) is 7.11 Å². The Morgan fingerprint density at radius 1 is 0.932 bits per heavy atom. The van der Waals surface area contributed by atoms with Crippen molar-refractivity contribution in [3.05, 3.63) is 37.0 Å². The summed E-state index contributed by atoms with van der Waals surface area (Å²) in [6, 6.07) is -3.65. The van der Waals surface area contributed by atoms with E-state index in [2.05, 4.69) is 38.6 Å². The number of carbonyl (C=O) groups is 4. The summed E-state index contributed by atoms with van der Waals surface area (Å²) in [5, 5.41) is 7.49. The average molecular weight is 641 g/mol. The van der Waals surface area contributed by atoms with Crippen molar-refractivity contribution < 1.29 is 55.7 Å². The van der Waals surface area contributed by atoms with Gasteiger partial charge in [-0.3, -0.25) is 19.3 Å². The topological polar surface area (TPSA) is 145 Å². The van der Waals surface area contributed by atoms with Gasteiger partial charge in [-0.2, -0.15) is 17.6 Å². The van der Waals surface area contributed by atoms with Gasteiger partial charge >= 0.3 is 19.2 Å². The molecule has 1 fully saturated rings. The number of halogens is 4. The molecule has 0 radical (unpaired) electrons. The lowest BCUT2D eigenvalue weighted by Crippen LogP contribution is -2.56. The van der Waals surface area contributed by atoms with Crippen LogP contribution in [0.3, 0.4) is 0 Å². The van der Waals surface area contributed by atoms with Gasteiger partial charge in [-0.05, 0) is 24.8 Å². The molecule has 16 heteroatoms. The number of hydrogen-bond donors (Lipinski definition) is 3. The SMILES string of the molecule is C=C/C=C(\C=C)COC(=O)[C@H](COC(F)F)NC(=O)C(C)NC(=O)[C@H](CC(C)C)NC(=O)CN1CCOCC1.COC(F)F. The zero-order valence-electron chi connectivity index (χ0n) is 25.5. The molecule has 0 aromatic rings. The van der Waals surface area contributed by atoms with Crippen molar-refractivity contribution >= 4 is 23.7 Å². The molecular formula is C28H44F4N4O8. The van der Waals surface area contributed by atoms with Crippen molar-refractivity contribution in [1.29, 1.82) is 0 Å². The summed E-state index contributed by atoms with van der Waals surface area (Å²) < 4.78 is 64.3. The molecule has 0 saturated carbocycles. The van der Waals surface area contributed by atoms with E-state index in [1.54, 1.807) is 0 Å². The average Bonchev–Trinajstić information content (AvgIpc) is 2.96. The van der Waals surface area contributed by atoms with Crippen LogP contribution in [-0.4, -0.2) is 113 Å². The minimum atomic E-state index is -3.18. The Morgan fingerprint density at radius 3 is 2.05 bits per heavy atom. The first-order valence-electron chi connectivity index (χ1n) is 13.7. The molecule has 0 spiro atoms. The summed E-state index contributed by atoms with van der Waals surface area (Å²) in [5.41, 5.74) is 0.491. The summed E-state index contributed by atoms with van der Waals surface area (Å²) >= 11 is 0. The number of carbonyl (C=O) groups excluding carboxylic acids is 4. The van der Waals surface area contributed by atoms with E-state index in [1.807, 2.05) is 18.7 Å². The monoisotopic (exact) mass is 640 g/mol. The molecule has 1 aliphatic heterocycles. The maximum atomic E-state index is 12.9. The molecule has 1 rings (SSSR count). The fourth-order valence-electron chi connectivity index (χ4n) is 3.50. The summed E-state index contributed by atoms with van der Waals surface area (Å²) in [7, 11) is 0.949. The quantitative estimate of drug-likeness (QED) is 0.116. The van der Waals surface area contributed by atoms with E-state index in [0.29, 0.717) is 38.3 Å². The van der Waals surface area contributed by atoms with Gasteiger partial charge in [0.05, 0.1) is 26.4 Å². The van der Waals surface area contributed by atoms with E-state index in [4.69, 9.17) is 9.47 Å². The molecule has 44 heavy (non-hydrogen) atoms. The van der Waals surface area contributed by atoms with Crippen LogP contribution in [0.2, 0.25) is 0 Å². The largest absolute Gasteiger partial charge is 0.459 e. The van der Waals surface area contributed by atoms with Crippen LogP contribution in [0.4, 0.5) is 17.6 Å². The molecule has 252 valence electrons. The number of esters is 1. The van der Waals surface area contributed by atoms with Gasteiger partial charge in [0.15, 0.2) is 6.04 Å². The molecule has 0 aliphatic carbocycles. The van der Waals surface area contributed by atoms with Crippen LogP contribution < -0.4 is 16.0 Å². The molecule has 0 bridgehead atoms. The Labute approximate surface area is 255 Å². The van der Waals surface area contributed by atoms with Crippen LogP contribution in [0.1, 0.15) is 27.2 Å². The fraction of sp³-hybridized carbons (Fsp3) is 0.643. The standard InChI is InChI=1S/C26H40F2N4O7.C2H4F2O/c1-6-8-19(7-2)15-38-25(36)21(16-39-26(27)28)31-23(34)18(5)29-24(35)20(13-17(3)4)30-22(33)14-32-9-11-37-12-10-32;1-5-2(3)4/h6-8,17-18,20-21,26H,1-2,9-16H2,3-5H3,(H,29,35)(H,30,33)(H,31,34);2H,1H3/b19-8+;/t18?,20-,21-;/m0./s1. The Hall–Kier alpha value is -3.34. The molecule has 3 amide bonds. The predicted octanol–water partition coefficient (Wildman–Crippen LogP) is 1.78. The Balaban J connectivity index is 0.00000340. The summed E-state index contributed by atoms with van der Waals surface area (Å²) in [6.45, 7) is 7.66. The van der Waals surface area contributed by atoms with Crippen molar-refractivity contribution in [1.82, 2.24) is 20.9 Å². The molecule has 0 aromatic heterocycles. The first kappa shape index (κ1) is 40.7. The Bertz CT molecular complexity index is 947. The maximum absolute atomic E-state index is 12.9. The summed E-state index contributed by atoms with van der Waals surface area (Å²) in [4.78, 5) is 52.6. The number of ether oxygens (including phenoxy) is 4. The fourth-order valence-corrected chi connectivity index (χ4v) is 3.50.